The average Bonchev–Trinajstić information content (AvgIpc) is 2.37. The van der Waals surface area contributed by atoms with Gasteiger partial charge in [0.05, 0.1) is 11.4 Å². The fourth-order valence-corrected chi connectivity index (χ4v) is 1.57. The van der Waals surface area contributed by atoms with E-state index in [0.29, 0.717) is 24.6 Å². The van der Waals surface area contributed by atoms with Crippen LogP contribution in [0.5, 0.6) is 5.75 Å². The summed E-state index contributed by atoms with van der Waals surface area (Å²) < 4.78 is 18.3. The van der Waals surface area contributed by atoms with Crippen LogP contribution in [0.2, 0.25) is 0 Å². The van der Waals surface area contributed by atoms with Gasteiger partial charge in [0.1, 0.15) is 18.2 Å². The monoisotopic (exact) mass is 246 g/mol. The molecule has 2 aromatic carbocycles. The van der Waals surface area contributed by atoms with Crippen molar-refractivity contribution in [3.63, 3.8) is 0 Å². The number of anilines is 2. The first-order valence-electron chi connectivity index (χ1n) is 5.72. The minimum atomic E-state index is -0.298. The number of halogens is 1. The second-order valence-electron chi connectivity index (χ2n) is 3.82. The standard InChI is InChI=1S/C14H15FN2O/c15-11-4-3-5-12(10-11)18-9-8-17-14-7-2-1-6-13(14)16/h1-7,10,17H,8-9,16H2. The van der Waals surface area contributed by atoms with E-state index in [1.54, 1.807) is 12.1 Å². The summed E-state index contributed by atoms with van der Waals surface area (Å²) in [6.45, 7) is 1.04. The number of nitrogens with two attached hydrogens (primary N) is 1. The number of nitrogens with one attached hydrogen (secondary N) is 1. The topological polar surface area (TPSA) is 47.3 Å². The van der Waals surface area contributed by atoms with E-state index < -0.39 is 0 Å². The maximum absolute atomic E-state index is 12.9. The Morgan fingerprint density at radius 2 is 1.94 bits per heavy atom. The molecule has 0 amide bonds. The Hall–Kier alpha value is -2.23. The highest BCUT2D eigenvalue weighted by Crippen LogP contribution is 2.16. The highest BCUT2D eigenvalue weighted by molar-refractivity contribution is 5.65. The van der Waals surface area contributed by atoms with Gasteiger partial charge in [-0.25, -0.2) is 4.39 Å². The minimum Gasteiger partial charge on any atom is -0.492 e. The number of rotatable bonds is 5. The largest absolute Gasteiger partial charge is 0.492 e. The third kappa shape index (κ3) is 3.38. The van der Waals surface area contributed by atoms with Crippen molar-refractivity contribution in [3.8, 4) is 5.75 Å². The van der Waals surface area contributed by atoms with Crippen molar-refractivity contribution in [3.05, 3.63) is 54.3 Å². The molecule has 0 aliphatic rings. The van der Waals surface area contributed by atoms with E-state index in [-0.39, 0.29) is 5.82 Å². The Kier molecular flexibility index (Phi) is 4.02. The summed E-state index contributed by atoms with van der Waals surface area (Å²) in [6, 6.07) is 13.6. The van der Waals surface area contributed by atoms with Gasteiger partial charge in [0.15, 0.2) is 0 Å². The second-order valence-corrected chi connectivity index (χ2v) is 3.82. The average molecular weight is 246 g/mol. The van der Waals surface area contributed by atoms with Gasteiger partial charge in [-0.3, -0.25) is 0 Å². The van der Waals surface area contributed by atoms with Crippen molar-refractivity contribution < 1.29 is 9.13 Å². The van der Waals surface area contributed by atoms with Crippen LogP contribution in [0, 0.1) is 5.82 Å². The fourth-order valence-electron chi connectivity index (χ4n) is 1.57. The van der Waals surface area contributed by atoms with Gasteiger partial charge in [-0.05, 0) is 24.3 Å². The normalized spacial score (nSPS) is 10.1. The van der Waals surface area contributed by atoms with Crippen LogP contribution in [-0.4, -0.2) is 13.2 Å². The van der Waals surface area contributed by atoms with E-state index in [2.05, 4.69) is 5.32 Å². The summed E-state index contributed by atoms with van der Waals surface area (Å²) in [5.41, 5.74) is 7.35. The van der Waals surface area contributed by atoms with Crippen LogP contribution in [0.4, 0.5) is 15.8 Å². The van der Waals surface area contributed by atoms with Gasteiger partial charge in [0.2, 0.25) is 0 Å². The van der Waals surface area contributed by atoms with E-state index in [4.69, 9.17) is 10.5 Å². The van der Waals surface area contributed by atoms with E-state index in [9.17, 15) is 4.39 Å². The molecule has 94 valence electrons. The third-order valence-corrected chi connectivity index (χ3v) is 2.44. The Balaban J connectivity index is 1.78. The molecule has 3 nitrogen and oxygen atoms in total. The number of hydrogen-bond acceptors (Lipinski definition) is 3. The first kappa shape index (κ1) is 12.2. The summed E-state index contributed by atoms with van der Waals surface area (Å²) in [5, 5.41) is 3.15. The van der Waals surface area contributed by atoms with Gasteiger partial charge in [-0.1, -0.05) is 18.2 Å². The molecule has 0 aliphatic carbocycles. The van der Waals surface area contributed by atoms with Crippen LogP contribution >= 0.6 is 0 Å². The van der Waals surface area contributed by atoms with Crippen LogP contribution in [0.3, 0.4) is 0 Å². The molecule has 0 atom stereocenters. The van der Waals surface area contributed by atoms with Crippen LogP contribution in [0.1, 0.15) is 0 Å². The van der Waals surface area contributed by atoms with Crippen molar-refractivity contribution >= 4 is 11.4 Å². The van der Waals surface area contributed by atoms with Crippen LogP contribution in [-0.2, 0) is 0 Å². The Morgan fingerprint density at radius 3 is 2.72 bits per heavy atom. The van der Waals surface area contributed by atoms with Crippen molar-refractivity contribution in [1.29, 1.82) is 0 Å². The van der Waals surface area contributed by atoms with Gasteiger partial charge in [0.25, 0.3) is 0 Å². The van der Waals surface area contributed by atoms with E-state index >= 15 is 0 Å². The lowest BCUT2D eigenvalue weighted by Crippen LogP contribution is -2.12. The molecule has 4 heteroatoms. The van der Waals surface area contributed by atoms with Crippen molar-refractivity contribution in [2.45, 2.75) is 0 Å². The zero-order chi connectivity index (χ0) is 12.8. The van der Waals surface area contributed by atoms with Crippen LogP contribution in [0.25, 0.3) is 0 Å². The zero-order valence-corrected chi connectivity index (χ0v) is 9.90. The highest BCUT2D eigenvalue weighted by Gasteiger charge is 1.98. The van der Waals surface area contributed by atoms with Crippen molar-refractivity contribution in [2.24, 2.45) is 0 Å². The lowest BCUT2D eigenvalue weighted by Gasteiger charge is -2.10. The number of nitrogen functional groups attached to an aromatic ring is 1. The van der Waals surface area contributed by atoms with Crippen LogP contribution in [0.15, 0.2) is 48.5 Å². The molecule has 2 rings (SSSR count). The maximum atomic E-state index is 12.9. The van der Waals surface area contributed by atoms with Crippen molar-refractivity contribution in [1.82, 2.24) is 0 Å². The van der Waals surface area contributed by atoms with E-state index in [0.717, 1.165) is 5.69 Å². The maximum Gasteiger partial charge on any atom is 0.126 e. The fraction of sp³-hybridized carbons (Fsp3) is 0.143. The third-order valence-electron chi connectivity index (χ3n) is 2.44. The highest BCUT2D eigenvalue weighted by atomic mass is 19.1. The molecule has 0 bridgehead atoms. The predicted molar refractivity (Wildman–Crippen MR) is 71.2 cm³/mol. The summed E-state index contributed by atoms with van der Waals surface area (Å²) in [5.74, 6) is 0.227. The molecule has 3 N–H and O–H groups in total. The smallest absolute Gasteiger partial charge is 0.126 e. The first-order valence-corrected chi connectivity index (χ1v) is 5.72. The molecule has 0 aliphatic heterocycles. The molecule has 0 heterocycles. The molecule has 0 fully saturated rings. The van der Waals surface area contributed by atoms with Crippen molar-refractivity contribution in [2.75, 3.05) is 24.2 Å². The molecular formula is C14H15FN2O. The lowest BCUT2D eigenvalue weighted by atomic mass is 10.3. The Morgan fingerprint density at radius 1 is 1.11 bits per heavy atom. The predicted octanol–water partition coefficient (Wildman–Crippen LogP) is 2.90. The molecule has 2 aromatic rings. The molecule has 0 unspecified atom stereocenters. The summed E-state index contributed by atoms with van der Waals surface area (Å²) >= 11 is 0. The molecule has 0 spiro atoms. The first-order chi connectivity index (χ1) is 8.75. The Bertz CT molecular complexity index is 517. The second kappa shape index (κ2) is 5.91. The van der Waals surface area contributed by atoms with Gasteiger partial charge in [-0.2, -0.15) is 0 Å². The Labute approximate surface area is 105 Å². The van der Waals surface area contributed by atoms with Gasteiger partial charge < -0.3 is 15.8 Å². The molecule has 0 aromatic heterocycles. The number of benzene rings is 2. The van der Waals surface area contributed by atoms with E-state index in [1.807, 2.05) is 24.3 Å². The zero-order valence-electron chi connectivity index (χ0n) is 9.90. The van der Waals surface area contributed by atoms with E-state index in [1.165, 1.54) is 12.1 Å². The minimum absolute atomic E-state index is 0.298. The lowest BCUT2D eigenvalue weighted by molar-refractivity contribution is 0.331. The summed E-state index contributed by atoms with van der Waals surface area (Å²) in [6.07, 6.45) is 0. The van der Waals surface area contributed by atoms with Crippen LogP contribution < -0.4 is 15.8 Å². The molecule has 0 saturated carbocycles. The quantitative estimate of drug-likeness (QED) is 0.630. The van der Waals surface area contributed by atoms with Gasteiger partial charge >= 0.3 is 0 Å². The number of para-hydroxylation sites is 2. The molecule has 0 radical (unpaired) electrons. The summed E-state index contributed by atoms with van der Waals surface area (Å²) in [7, 11) is 0. The number of hydrogen-bond donors (Lipinski definition) is 2. The SMILES string of the molecule is Nc1ccccc1NCCOc1cccc(F)c1. The molecular weight excluding hydrogens is 231 g/mol. The molecule has 18 heavy (non-hydrogen) atoms. The molecule has 0 saturated heterocycles. The number of ether oxygens (including phenoxy) is 1. The summed E-state index contributed by atoms with van der Waals surface area (Å²) in [4.78, 5) is 0. The van der Waals surface area contributed by atoms with Gasteiger partial charge in [-0.15, -0.1) is 0 Å². The van der Waals surface area contributed by atoms with Gasteiger partial charge in [0, 0.05) is 12.6 Å².